The number of aromatic nitrogens is 3. The zero-order valence-corrected chi connectivity index (χ0v) is 16.6. The van der Waals surface area contributed by atoms with Crippen LogP contribution in [0.3, 0.4) is 0 Å². The Kier molecular flexibility index (Phi) is 6.19. The third-order valence-corrected chi connectivity index (χ3v) is 4.79. The van der Waals surface area contributed by atoms with Crippen LogP contribution in [-0.4, -0.2) is 33.2 Å². The van der Waals surface area contributed by atoms with Gasteiger partial charge >= 0.3 is 0 Å². The quantitative estimate of drug-likeness (QED) is 0.680. The highest BCUT2D eigenvalue weighted by Crippen LogP contribution is 2.32. The molecule has 2 atom stereocenters. The van der Waals surface area contributed by atoms with Crippen molar-refractivity contribution in [2.45, 2.75) is 52.3 Å². The SMILES string of the molecule is CC(C)COC(C)c1noc(CN2CCCC2c2ccc(Br)cn2)n1. The Morgan fingerprint density at radius 2 is 2.20 bits per heavy atom. The maximum Gasteiger partial charge on any atom is 0.240 e. The van der Waals surface area contributed by atoms with E-state index in [0.717, 1.165) is 29.6 Å². The molecule has 2 aromatic heterocycles. The van der Waals surface area contributed by atoms with Crippen molar-refractivity contribution < 1.29 is 9.26 Å². The van der Waals surface area contributed by atoms with E-state index in [0.29, 0.717) is 36.8 Å². The lowest BCUT2D eigenvalue weighted by Gasteiger charge is -2.22. The summed E-state index contributed by atoms with van der Waals surface area (Å²) >= 11 is 3.44. The summed E-state index contributed by atoms with van der Waals surface area (Å²) < 4.78 is 12.2. The van der Waals surface area contributed by atoms with Gasteiger partial charge < -0.3 is 9.26 Å². The fourth-order valence-electron chi connectivity index (χ4n) is 3.02. The molecule has 7 heteroatoms. The zero-order valence-electron chi connectivity index (χ0n) is 15.0. The first-order chi connectivity index (χ1) is 12.0. The Bertz CT molecular complexity index is 674. The molecule has 1 fully saturated rings. The Labute approximate surface area is 157 Å². The molecule has 3 heterocycles. The van der Waals surface area contributed by atoms with Gasteiger partial charge in [-0.2, -0.15) is 4.98 Å². The van der Waals surface area contributed by atoms with E-state index in [1.165, 1.54) is 0 Å². The molecular formula is C18H25BrN4O2. The van der Waals surface area contributed by atoms with E-state index in [4.69, 9.17) is 9.26 Å². The molecule has 2 aromatic rings. The van der Waals surface area contributed by atoms with Gasteiger partial charge in [0.25, 0.3) is 0 Å². The van der Waals surface area contributed by atoms with Gasteiger partial charge in [-0.25, -0.2) is 0 Å². The summed E-state index contributed by atoms with van der Waals surface area (Å²) in [5, 5.41) is 4.09. The van der Waals surface area contributed by atoms with Crippen molar-refractivity contribution in [1.82, 2.24) is 20.0 Å². The minimum Gasteiger partial charge on any atom is -0.370 e. The highest BCUT2D eigenvalue weighted by atomic mass is 79.9. The van der Waals surface area contributed by atoms with Crippen LogP contribution in [0.2, 0.25) is 0 Å². The van der Waals surface area contributed by atoms with E-state index >= 15 is 0 Å². The van der Waals surface area contributed by atoms with Crippen LogP contribution in [-0.2, 0) is 11.3 Å². The Balaban J connectivity index is 1.62. The number of rotatable bonds is 7. The number of likely N-dealkylation sites (tertiary alicyclic amines) is 1. The molecule has 136 valence electrons. The molecule has 0 radical (unpaired) electrons. The van der Waals surface area contributed by atoms with Crippen molar-refractivity contribution >= 4 is 15.9 Å². The second-order valence-electron chi connectivity index (χ2n) is 6.95. The van der Waals surface area contributed by atoms with Gasteiger partial charge in [-0.3, -0.25) is 9.88 Å². The van der Waals surface area contributed by atoms with Gasteiger partial charge in [0.2, 0.25) is 5.89 Å². The lowest BCUT2D eigenvalue weighted by Crippen LogP contribution is -2.23. The molecule has 6 nitrogen and oxygen atoms in total. The minimum absolute atomic E-state index is 0.151. The standard InChI is InChI=1S/C18H25BrN4O2/c1-12(2)11-24-13(3)18-21-17(25-22-18)10-23-8-4-5-16(23)15-7-6-14(19)9-20-15/h6-7,9,12-13,16H,4-5,8,10-11H2,1-3H3. The monoisotopic (exact) mass is 408 g/mol. The van der Waals surface area contributed by atoms with Gasteiger partial charge in [0.15, 0.2) is 5.82 Å². The van der Waals surface area contributed by atoms with Crippen molar-refractivity contribution in [3.8, 4) is 0 Å². The van der Waals surface area contributed by atoms with Crippen molar-refractivity contribution in [2.75, 3.05) is 13.2 Å². The zero-order chi connectivity index (χ0) is 17.8. The summed E-state index contributed by atoms with van der Waals surface area (Å²) in [5.74, 6) is 1.74. The Hall–Kier alpha value is -1.31. The van der Waals surface area contributed by atoms with Crippen LogP contribution in [0.5, 0.6) is 0 Å². The number of hydrogen-bond acceptors (Lipinski definition) is 6. The van der Waals surface area contributed by atoms with Gasteiger partial charge in [-0.05, 0) is 60.3 Å². The number of hydrogen-bond donors (Lipinski definition) is 0. The third kappa shape index (κ3) is 4.86. The lowest BCUT2D eigenvalue weighted by molar-refractivity contribution is 0.0402. The molecule has 0 spiro atoms. The molecule has 1 saturated heterocycles. The van der Waals surface area contributed by atoms with Crippen molar-refractivity contribution in [1.29, 1.82) is 0 Å². The lowest BCUT2D eigenvalue weighted by atomic mass is 10.1. The topological polar surface area (TPSA) is 64.3 Å². The summed E-state index contributed by atoms with van der Waals surface area (Å²) in [4.78, 5) is 11.4. The molecule has 0 N–H and O–H groups in total. The fraction of sp³-hybridized carbons (Fsp3) is 0.611. The minimum atomic E-state index is -0.151. The van der Waals surface area contributed by atoms with Crippen molar-refractivity contribution in [2.24, 2.45) is 5.92 Å². The van der Waals surface area contributed by atoms with Crippen LogP contribution in [0.1, 0.15) is 63.2 Å². The predicted molar refractivity (Wildman–Crippen MR) is 97.8 cm³/mol. The molecule has 25 heavy (non-hydrogen) atoms. The third-order valence-electron chi connectivity index (χ3n) is 4.32. The van der Waals surface area contributed by atoms with Crippen LogP contribution in [0.15, 0.2) is 27.3 Å². The molecule has 0 saturated carbocycles. The van der Waals surface area contributed by atoms with E-state index in [9.17, 15) is 0 Å². The molecule has 0 bridgehead atoms. The normalized spacial score (nSPS) is 19.6. The van der Waals surface area contributed by atoms with Gasteiger partial charge in [-0.1, -0.05) is 19.0 Å². The molecule has 3 rings (SSSR count). The summed E-state index contributed by atoms with van der Waals surface area (Å²) in [7, 11) is 0. The highest BCUT2D eigenvalue weighted by molar-refractivity contribution is 9.10. The summed E-state index contributed by atoms with van der Waals surface area (Å²) in [6.45, 7) is 8.55. The summed E-state index contributed by atoms with van der Waals surface area (Å²) in [5.41, 5.74) is 1.09. The van der Waals surface area contributed by atoms with E-state index in [-0.39, 0.29) is 6.10 Å². The largest absolute Gasteiger partial charge is 0.370 e. The maximum atomic E-state index is 5.76. The van der Waals surface area contributed by atoms with E-state index in [1.807, 2.05) is 19.2 Å². The van der Waals surface area contributed by atoms with Gasteiger partial charge in [0.1, 0.15) is 6.10 Å². The van der Waals surface area contributed by atoms with Crippen LogP contribution in [0, 0.1) is 5.92 Å². The Morgan fingerprint density at radius 3 is 2.92 bits per heavy atom. The molecule has 1 aliphatic rings. The van der Waals surface area contributed by atoms with E-state index < -0.39 is 0 Å². The Morgan fingerprint density at radius 1 is 1.36 bits per heavy atom. The smallest absolute Gasteiger partial charge is 0.240 e. The highest BCUT2D eigenvalue weighted by Gasteiger charge is 2.28. The van der Waals surface area contributed by atoms with E-state index in [2.05, 4.69) is 55.9 Å². The molecule has 2 unspecified atom stereocenters. The average molecular weight is 409 g/mol. The van der Waals surface area contributed by atoms with Gasteiger partial charge in [0, 0.05) is 17.3 Å². The van der Waals surface area contributed by atoms with Crippen LogP contribution < -0.4 is 0 Å². The van der Waals surface area contributed by atoms with Crippen molar-refractivity contribution in [3.63, 3.8) is 0 Å². The first-order valence-corrected chi connectivity index (χ1v) is 9.62. The molecule has 1 aliphatic heterocycles. The van der Waals surface area contributed by atoms with Crippen LogP contribution in [0.25, 0.3) is 0 Å². The van der Waals surface area contributed by atoms with Crippen molar-refractivity contribution in [3.05, 3.63) is 40.2 Å². The van der Waals surface area contributed by atoms with E-state index in [1.54, 1.807) is 0 Å². The molecular weight excluding hydrogens is 384 g/mol. The predicted octanol–water partition coefficient (Wildman–Crippen LogP) is 4.30. The summed E-state index contributed by atoms with van der Waals surface area (Å²) in [6, 6.07) is 4.42. The number of ether oxygens (including phenoxy) is 1. The van der Waals surface area contributed by atoms with Gasteiger partial charge in [-0.15, -0.1) is 0 Å². The van der Waals surface area contributed by atoms with Crippen LogP contribution in [0.4, 0.5) is 0 Å². The average Bonchev–Trinajstić information content (AvgIpc) is 3.23. The fourth-order valence-corrected chi connectivity index (χ4v) is 3.25. The molecule has 0 aliphatic carbocycles. The van der Waals surface area contributed by atoms with Gasteiger partial charge in [0.05, 0.1) is 18.3 Å². The number of pyridine rings is 1. The first-order valence-electron chi connectivity index (χ1n) is 8.82. The second kappa shape index (κ2) is 8.38. The van der Waals surface area contributed by atoms with Crippen LogP contribution >= 0.6 is 15.9 Å². The maximum absolute atomic E-state index is 5.76. The number of nitrogens with zero attached hydrogens (tertiary/aromatic N) is 4. The molecule has 0 amide bonds. The molecule has 0 aromatic carbocycles. The second-order valence-corrected chi connectivity index (χ2v) is 7.86. The summed E-state index contributed by atoms with van der Waals surface area (Å²) in [6.07, 6.45) is 3.95. The first kappa shape index (κ1) is 18.5. The number of halogens is 1.